The summed E-state index contributed by atoms with van der Waals surface area (Å²) in [4.78, 5) is 11.3. The van der Waals surface area contributed by atoms with E-state index in [1.165, 1.54) is 6.20 Å². The van der Waals surface area contributed by atoms with Crippen LogP contribution >= 0.6 is 0 Å². The van der Waals surface area contributed by atoms with Crippen LogP contribution in [0.4, 0.5) is 0 Å². The maximum atomic E-state index is 11.3. The Balaban J connectivity index is 3.05. The molecule has 4 nitrogen and oxygen atoms in total. The van der Waals surface area contributed by atoms with Gasteiger partial charge in [-0.2, -0.15) is 0 Å². The van der Waals surface area contributed by atoms with Crippen LogP contribution in [0.5, 0.6) is 0 Å². The number of pyridine rings is 1. The first-order chi connectivity index (χ1) is 6.16. The van der Waals surface area contributed by atoms with Crippen molar-refractivity contribution in [2.45, 2.75) is 13.8 Å². The average Bonchev–Trinajstić information content (AvgIpc) is 2.04. The molecule has 1 heterocycles. The van der Waals surface area contributed by atoms with Gasteiger partial charge in [-0.05, 0) is 19.9 Å². The fourth-order valence-electron chi connectivity index (χ4n) is 1.06. The quantitative estimate of drug-likeness (QED) is 0.416. The summed E-state index contributed by atoms with van der Waals surface area (Å²) in [6.07, 6.45) is 1.39. The fourth-order valence-corrected chi connectivity index (χ4v) is 1.06. The molecule has 1 N–H and O–H groups in total. The Hall–Kier alpha value is -1.58. The van der Waals surface area contributed by atoms with Crippen molar-refractivity contribution in [3.63, 3.8) is 0 Å². The number of rotatable bonds is 2. The average molecular weight is 182 g/mol. The molecule has 70 valence electrons. The highest BCUT2D eigenvalue weighted by Gasteiger charge is 2.23. The van der Waals surface area contributed by atoms with E-state index in [0.29, 0.717) is 12.2 Å². The topological polar surface area (TPSA) is 50.4 Å². The lowest BCUT2D eigenvalue weighted by Crippen LogP contribution is -2.38. The molecule has 1 rings (SSSR count). The van der Waals surface area contributed by atoms with E-state index in [4.69, 9.17) is 4.74 Å². The SMILES string of the molecule is CCOC(=O)c1c(C)ccc[n+]1O. The van der Waals surface area contributed by atoms with E-state index in [-0.39, 0.29) is 5.69 Å². The van der Waals surface area contributed by atoms with Crippen LogP contribution in [0.2, 0.25) is 0 Å². The van der Waals surface area contributed by atoms with Gasteiger partial charge < -0.3 is 4.74 Å². The van der Waals surface area contributed by atoms with Gasteiger partial charge in [-0.25, -0.2) is 4.79 Å². The number of hydrogen-bond donors (Lipinski definition) is 1. The van der Waals surface area contributed by atoms with E-state index in [0.717, 1.165) is 4.73 Å². The fraction of sp³-hybridized carbons (Fsp3) is 0.333. The van der Waals surface area contributed by atoms with E-state index in [1.54, 1.807) is 26.0 Å². The maximum absolute atomic E-state index is 11.3. The van der Waals surface area contributed by atoms with Crippen molar-refractivity contribution in [1.29, 1.82) is 0 Å². The Bertz CT molecular complexity index is 302. The summed E-state index contributed by atoms with van der Waals surface area (Å²) in [5, 5.41) is 9.30. The molecule has 0 atom stereocenters. The Morgan fingerprint density at radius 2 is 2.38 bits per heavy atom. The molecule has 4 heteroatoms. The molecule has 0 bridgehead atoms. The Morgan fingerprint density at radius 3 is 2.92 bits per heavy atom. The largest absolute Gasteiger partial charge is 0.458 e. The van der Waals surface area contributed by atoms with Crippen LogP contribution in [0.15, 0.2) is 18.3 Å². The Morgan fingerprint density at radius 1 is 1.69 bits per heavy atom. The normalized spacial score (nSPS) is 9.69. The number of ether oxygens (including phenoxy) is 1. The maximum Gasteiger partial charge on any atom is 0.408 e. The summed E-state index contributed by atoms with van der Waals surface area (Å²) in [6.45, 7) is 3.75. The van der Waals surface area contributed by atoms with Crippen LogP contribution in [-0.2, 0) is 4.74 Å². The molecule has 0 aliphatic rings. The highest BCUT2D eigenvalue weighted by molar-refractivity contribution is 5.87. The second-order valence-corrected chi connectivity index (χ2v) is 2.60. The molecular weight excluding hydrogens is 170 g/mol. The summed E-state index contributed by atoms with van der Waals surface area (Å²) >= 11 is 0. The summed E-state index contributed by atoms with van der Waals surface area (Å²) in [7, 11) is 0. The summed E-state index contributed by atoms with van der Waals surface area (Å²) in [5.74, 6) is -0.511. The number of hydrogen-bond acceptors (Lipinski definition) is 3. The highest BCUT2D eigenvalue weighted by atomic mass is 16.5. The number of carbonyl (C=O) groups is 1. The number of aryl methyl sites for hydroxylation is 1. The minimum Gasteiger partial charge on any atom is -0.458 e. The number of aromatic nitrogens is 1. The van der Waals surface area contributed by atoms with Crippen molar-refractivity contribution < 1.29 is 19.5 Å². The van der Waals surface area contributed by atoms with Crippen molar-refractivity contribution in [2.24, 2.45) is 0 Å². The minimum atomic E-state index is -0.511. The predicted octanol–water partition coefficient (Wildman–Crippen LogP) is 0.697. The molecule has 0 spiro atoms. The molecule has 1 aromatic rings. The van der Waals surface area contributed by atoms with Gasteiger partial charge in [-0.3, -0.25) is 5.21 Å². The monoisotopic (exact) mass is 182 g/mol. The molecule has 0 unspecified atom stereocenters. The molecule has 13 heavy (non-hydrogen) atoms. The molecule has 0 aliphatic carbocycles. The van der Waals surface area contributed by atoms with E-state index < -0.39 is 5.97 Å². The van der Waals surface area contributed by atoms with Crippen molar-refractivity contribution in [1.82, 2.24) is 0 Å². The van der Waals surface area contributed by atoms with E-state index >= 15 is 0 Å². The first-order valence-electron chi connectivity index (χ1n) is 4.04. The zero-order chi connectivity index (χ0) is 9.84. The minimum absolute atomic E-state index is 0.171. The lowest BCUT2D eigenvalue weighted by atomic mass is 10.2. The van der Waals surface area contributed by atoms with Gasteiger partial charge in [0.2, 0.25) is 6.20 Å². The van der Waals surface area contributed by atoms with Gasteiger partial charge >= 0.3 is 11.7 Å². The van der Waals surface area contributed by atoms with Crippen LogP contribution in [-0.4, -0.2) is 17.8 Å². The molecular formula is C9H12NO3+. The predicted molar refractivity (Wildman–Crippen MR) is 44.5 cm³/mol. The second-order valence-electron chi connectivity index (χ2n) is 2.60. The van der Waals surface area contributed by atoms with Crippen molar-refractivity contribution in [2.75, 3.05) is 6.61 Å². The first kappa shape index (κ1) is 9.51. The number of carbonyl (C=O) groups excluding carboxylic acids is 1. The van der Waals surface area contributed by atoms with Crippen LogP contribution in [0, 0.1) is 6.92 Å². The van der Waals surface area contributed by atoms with Gasteiger partial charge in [0.15, 0.2) is 0 Å². The van der Waals surface area contributed by atoms with Gasteiger partial charge in [0.25, 0.3) is 0 Å². The summed E-state index contributed by atoms with van der Waals surface area (Å²) < 4.78 is 5.54. The molecule has 0 fully saturated rings. The van der Waals surface area contributed by atoms with Gasteiger partial charge in [0, 0.05) is 16.4 Å². The smallest absolute Gasteiger partial charge is 0.408 e. The van der Waals surface area contributed by atoms with Gasteiger partial charge in [-0.15, -0.1) is 0 Å². The van der Waals surface area contributed by atoms with Gasteiger partial charge in [0.1, 0.15) is 0 Å². The zero-order valence-corrected chi connectivity index (χ0v) is 7.65. The standard InChI is InChI=1S/C9H12NO3/c1-3-13-9(11)8-7(2)5-4-6-10(8)12/h4-6,12H,3H2,1-2H3/q+1. The second kappa shape index (κ2) is 3.89. The third kappa shape index (κ3) is 1.96. The van der Waals surface area contributed by atoms with Crippen molar-refractivity contribution in [3.8, 4) is 0 Å². The molecule has 0 aromatic carbocycles. The van der Waals surface area contributed by atoms with E-state index in [9.17, 15) is 10.0 Å². The van der Waals surface area contributed by atoms with Crippen LogP contribution in [0.25, 0.3) is 0 Å². The van der Waals surface area contributed by atoms with Crippen LogP contribution in [0.1, 0.15) is 23.0 Å². The number of esters is 1. The van der Waals surface area contributed by atoms with E-state index in [1.807, 2.05) is 0 Å². The lowest BCUT2D eigenvalue weighted by Gasteiger charge is -1.99. The molecule has 0 saturated carbocycles. The molecule has 1 aromatic heterocycles. The third-order valence-electron chi connectivity index (χ3n) is 1.64. The van der Waals surface area contributed by atoms with Crippen molar-refractivity contribution in [3.05, 3.63) is 29.6 Å². The summed E-state index contributed by atoms with van der Waals surface area (Å²) in [6, 6.07) is 3.39. The molecule has 0 aliphatic heterocycles. The van der Waals surface area contributed by atoms with Gasteiger partial charge in [-0.1, -0.05) is 0 Å². The Labute approximate surface area is 76.3 Å². The Kier molecular flexibility index (Phi) is 2.84. The zero-order valence-electron chi connectivity index (χ0n) is 7.65. The van der Waals surface area contributed by atoms with Crippen molar-refractivity contribution >= 4 is 5.97 Å². The number of nitrogens with zero attached hydrogens (tertiary/aromatic N) is 1. The van der Waals surface area contributed by atoms with Crippen LogP contribution in [0.3, 0.4) is 0 Å². The molecule has 0 amide bonds. The van der Waals surface area contributed by atoms with Gasteiger partial charge in [0.05, 0.1) is 6.61 Å². The van der Waals surface area contributed by atoms with Crippen LogP contribution < -0.4 is 4.73 Å². The molecule has 0 radical (unpaired) electrons. The third-order valence-corrected chi connectivity index (χ3v) is 1.64. The van der Waals surface area contributed by atoms with E-state index in [2.05, 4.69) is 0 Å². The first-order valence-corrected chi connectivity index (χ1v) is 4.04. The highest BCUT2D eigenvalue weighted by Crippen LogP contribution is 2.02. The molecule has 0 saturated heterocycles. The lowest BCUT2D eigenvalue weighted by molar-refractivity contribution is -0.906. The summed E-state index contributed by atoms with van der Waals surface area (Å²) in [5.41, 5.74) is 0.854.